The van der Waals surface area contributed by atoms with Gasteiger partial charge in [-0.05, 0) is 51.5 Å². The van der Waals surface area contributed by atoms with E-state index in [1.54, 1.807) is 64.1 Å². The summed E-state index contributed by atoms with van der Waals surface area (Å²) in [6.45, 7) is 9.50. The minimum atomic E-state index is -2.29. The van der Waals surface area contributed by atoms with Crippen molar-refractivity contribution in [1.29, 1.82) is 0 Å². The average molecular weight is 711 g/mol. The summed E-state index contributed by atoms with van der Waals surface area (Å²) < 4.78 is 37.4. The maximum Gasteiger partial charge on any atom is 0.338 e. The Morgan fingerprint density at radius 1 is 0.804 bits per heavy atom. The van der Waals surface area contributed by atoms with Gasteiger partial charge in [-0.2, -0.15) is 0 Å². The van der Waals surface area contributed by atoms with Crippen LogP contribution in [-0.2, 0) is 42.8 Å². The molecule has 2 aliphatic carbocycles. The van der Waals surface area contributed by atoms with E-state index in [4.69, 9.17) is 28.4 Å². The smallest absolute Gasteiger partial charge is 0.338 e. The first kappa shape index (κ1) is 37.9. The fraction of sp³-hybridized carbons (Fsp3) is 0.553. The lowest BCUT2D eigenvalue weighted by molar-refractivity contribution is -0.361. The predicted octanol–water partition coefficient (Wildman–Crippen LogP) is 3.57. The van der Waals surface area contributed by atoms with E-state index in [2.05, 4.69) is 0 Å². The van der Waals surface area contributed by atoms with Gasteiger partial charge in [0, 0.05) is 20.3 Å². The van der Waals surface area contributed by atoms with Gasteiger partial charge in [-0.1, -0.05) is 50.2 Å². The van der Waals surface area contributed by atoms with Crippen LogP contribution in [0.1, 0.15) is 82.0 Å². The zero-order valence-corrected chi connectivity index (χ0v) is 29.8. The third-order valence-corrected chi connectivity index (χ3v) is 10.6. The molecular weight excluding hydrogens is 664 g/mol. The van der Waals surface area contributed by atoms with Gasteiger partial charge < -0.3 is 38.6 Å². The fourth-order valence-electron chi connectivity index (χ4n) is 8.38. The summed E-state index contributed by atoms with van der Waals surface area (Å²) in [5.41, 5.74) is -7.91. The molecule has 51 heavy (non-hydrogen) atoms. The summed E-state index contributed by atoms with van der Waals surface area (Å²) in [6, 6.07) is 15.8. The Kier molecular flexibility index (Phi) is 10.4. The Morgan fingerprint density at radius 2 is 1.31 bits per heavy atom. The Morgan fingerprint density at radius 3 is 1.80 bits per heavy atom. The van der Waals surface area contributed by atoms with Crippen molar-refractivity contribution in [3.8, 4) is 0 Å². The predicted molar refractivity (Wildman–Crippen MR) is 178 cm³/mol. The molecule has 1 heterocycles. The van der Waals surface area contributed by atoms with Crippen LogP contribution in [0, 0.1) is 17.3 Å². The van der Waals surface area contributed by atoms with Crippen molar-refractivity contribution in [3.05, 3.63) is 71.8 Å². The largest absolute Gasteiger partial charge is 0.464 e. The summed E-state index contributed by atoms with van der Waals surface area (Å²) in [7, 11) is 0. The van der Waals surface area contributed by atoms with Crippen LogP contribution in [0.5, 0.6) is 0 Å². The monoisotopic (exact) mass is 710 g/mol. The summed E-state index contributed by atoms with van der Waals surface area (Å²) in [5, 5.41) is 24.6. The molecule has 0 unspecified atom stereocenters. The molecule has 2 aromatic rings. The van der Waals surface area contributed by atoms with Crippen LogP contribution < -0.4 is 0 Å². The van der Waals surface area contributed by atoms with Gasteiger partial charge in [0.05, 0.1) is 40.3 Å². The van der Waals surface area contributed by atoms with Crippen molar-refractivity contribution >= 4 is 29.8 Å². The molecule has 2 bridgehead atoms. The van der Waals surface area contributed by atoms with Crippen molar-refractivity contribution in [2.45, 2.75) is 109 Å². The summed E-state index contributed by atoms with van der Waals surface area (Å²) in [6.07, 6.45) is -8.34. The highest BCUT2D eigenvalue weighted by atomic mass is 16.6. The Hall–Kier alpha value is -4.33. The van der Waals surface area contributed by atoms with Gasteiger partial charge in [0.15, 0.2) is 11.7 Å². The topological polar surface area (TPSA) is 181 Å². The number of rotatable bonds is 10. The maximum absolute atomic E-state index is 14.1. The SMILES string of the molecule is CC[C@@H](C)C(=O)OC[C@]12[C@H](OC(=O)c3ccccc3)[C@@H](OC(C)=O)[C@@H]3[C@@H](OC(C)=O)[C@]1(OC3(C)C)[C@@](C)(O)C[C@H](O)[C@@H]2OC(=O)c1ccccc1. The van der Waals surface area contributed by atoms with E-state index >= 15 is 0 Å². The summed E-state index contributed by atoms with van der Waals surface area (Å²) in [4.78, 5) is 67.4. The second-order valence-electron chi connectivity index (χ2n) is 14.5. The van der Waals surface area contributed by atoms with E-state index in [-0.39, 0.29) is 11.1 Å². The number of benzene rings is 2. The molecule has 13 nitrogen and oxygen atoms in total. The van der Waals surface area contributed by atoms with Crippen LogP contribution in [0.4, 0.5) is 0 Å². The molecule has 2 N–H and O–H groups in total. The first-order valence-electron chi connectivity index (χ1n) is 17.1. The highest BCUT2D eigenvalue weighted by molar-refractivity contribution is 5.90. The standard InChI is InChI=1S/C38H46O13/c1-8-21(2)32(42)46-20-37-29(49-33(43)24-15-11-9-12-16-24)26(41)19-36(7,45)38(37)30(48-23(4)40)27(35(5,6)51-38)28(47-22(3)39)31(37)50-34(44)25-17-13-10-14-18-25/h9-18,21,26-31,41,45H,8,19-20H2,1-7H3/t21-,26+,27-,28+,29+,30-,31-,36+,37+,38+/m1/s1. The number of aliphatic hydroxyl groups excluding tert-OH is 1. The molecule has 2 aromatic carbocycles. The quantitative estimate of drug-likeness (QED) is 0.270. The zero-order chi connectivity index (χ0) is 37.5. The van der Waals surface area contributed by atoms with Crippen LogP contribution in [0.2, 0.25) is 0 Å². The molecule has 2 saturated carbocycles. The Balaban J connectivity index is 1.87. The minimum Gasteiger partial charge on any atom is -0.464 e. The third kappa shape index (κ3) is 6.40. The first-order chi connectivity index (χ1) is 23.9. The fourth-order valence-corrected chi connectivity index (χ4v) is 8.38. The van der Waals surface area contributed by atoms with Crippen molar-refractivity contribution in [3.63, 3.8) is 0 Å². The molecule has 13 heteroatoms. The van der Waals surface area contributed by atoms with Crippen molar-refractivity contribution in [2.24, 2.45) is 17.3 Å². The van der Waals surface area contributed by atoms with Crippen LogP contribution >= 0.6 is 0 Å². The van der Waals surface area contributed by atoms with E-state index in [0.717, 1.165) is 13.8 Å². The van der Waals surface area contributed by atoms with Crippen LogP contribution in [0.3, 0.4) is 0 Å². The third-order valence-electron chi connectivity index (χ3n) is 10.6. The normalized spacial score (nSPS) is 33.9. The second-order valence-corrected chi connectivity index (χ2v) is 14.5. The van der Waals surface area contributed by atoms with E-state index in [9.17, 15) is 34.2 Å². The molecule has 3 fully saturated rings. The molecule has 1 spiro atoms. The number of carbonyl (C=O) groups excluding carboxylic acids is 5. The molecule has 0 aromatic heterocycles. The molecule has 276 valence electrons. The number of esters is 5. The van der Waals surface area contributed by atoms with Gasteiger partial charge in [-0.25, -0.2) is 9.59 Å². The lowest BCUT2D eigenvalue weighted by Gasteiger charge is -2.66. The molecule has 5 rings (SSSR count). The lowest BCUT2D eigenvalue weighted by Crippen LogP contribution is -2.85. The van der Waals surface area contributed by atoms with E-state index in [1.807, 2.05) is 0 Å². The number of hydrogen-bond donors (Lipinski definition) is 2. The summed E-state index contributed by atoms with van der Waals surface area (Å²) in [5.74, 6) is -5.86. The Labute approximate surface area is 296 Å². The van der Waals surface area contributed by atoms with Gasteiger partial charge >= 0.3 is 29.8 Å². The van der Waals surface area contributed by atoms with Crippen molar-refractivity contribution < 1.29 is 62.6 Å². The zero-order valence-electron chi connectivity index (χ0n) is 29.8. The number of carbonyl (C=O) groups is 5. The van der Waals surface area contributed by atoms with Crippen molar-refractivity contribution in [1.82, 2.24) is 0 Å². The number of hydrogen-bond acceptors (Lipinski definition) is 13. The number of aliphatic hydroxyl groups is 2. The van der Waals surface area contributed by atoms with E-state index < -0.39 is 107 Å². The molecule has 1 aliphatic heterocycles. The lowest BCUT2D eigenvalue weighted by atomic mass is 9.45. The van der Waals surface area contributed by atoms with Gasteiger partial charge in [-0.3, -0.25) is 14.4 Å². The van der Waals surface area contributed by atoms with Crippen LogP contribution in [0.15, 0.2) is 60.7 Å². The molecular formula is C38H46O13. The Bertz CT molecular complexity index is 1640. The molecule has 0 amide bonds. The van der Waals surface area contributed by atoms with E-state index in [0.29, 0.717) is 6.42 Å². The highest BCUT2D eigenvalue weighted by Gasteiger charge is 2.88. The second kappa shape index (κ2) is 14.0. The minimum absolute atomic E-state index is 0.0927. The molecule has 0 radical (unpaired) electrons. The number of ether oxygens (including phenoxy) is 6. The number of fused-ring (bicyclic) bond motifs is 1. The van der Waals surface area contributed by atoms with Gasteiger partial charge in [0.1, 0.15) is 30.3 Å². The maximum atomic E-state index is 14.1. The van der Waals surface area contributed by atoms with Crippen LogP contribution in [-0.4, -0.2) is 94.0 Å². The summed E-state index contributed by atoms with van der Waals surface area (Å²) >= 11 is 0. The first-order valence-corrected chi connectivity index (χ1v) is 17.1. The van der Waals surface area contributed by atoms with Crippen LogP contribution in [0.25, 0.3) is 0 Å². The molecule has 3 aliphatic rings. The molecule has 1 saturated heterocycles. The highest BCUT2D eigenvalue weighted by Crippen LogP contribution is 2.69. The van der Waals surface area contributed by atoms with Crippen molar-refractivity contribution in [2.75, 3.05) is 6.61 Å². The van der Waals surface area contributed by atoms with E-state index in [1.165, 1.54) is 31.2 Å². The average Bonchev–Trinajstić information content (AvgIpc) is 3.28. The molecule has 10 atom stereocenters. The van der Waals surface area contributed by atoms with Gasteiger partial charge in [0.25, 0.3) is 0 Å². The van der Waals surface area contributed by atoms with Gasteiger partial charge in [-0.15, -0.1) is 0 Å². The van der Waals surface area contributed by atoms with Gasteiger partial charge in [0.2, 0.25) is 0 Å².